The SMILES string of the molecule is CCNC(CCC(C)(C)OC)c1cccc(C)c1I. The van der Waals surface area contributed by atoms with E-state index >= 15 is 0 Å². The van der Waals surface area contributed by atoms with Crippen molar-refractivity contribution < 1.29 is 4.74 Å². The minimum Gasteiger partial charge on any atom is -0.379 e. The van der Waals surface area contributed by atoms with Crippen LogP contribution in [0.5, 0.6) is 0 Å². The molecule has 0 spiro atoms. The van der Waals surface area contributed by atoms with Gasteiger partial charge in [0.15, 0.2) is 0 Å². The molecular formula is C16H26INO. The summed E-state index contributed by atoms with van der Waals surface area (Å²) in [5.41, 5.74) is 2.71. The fourth-order valence-electron chi connectivity index (χ4n) is 2.15. The van der Waals surface area contributed by atoms with E-state index in [1.807, 2.05) is 0 Å². The van der Waals surface area contributed by atoms with Gasteiger partial charge in [-0.25, -0.2) is 0 Å². The van der Waals surface area contributed by atoms with Crippen LogP contribution >= 0.6 is 22.6 Å². The number of aryl methyl sites for hydroxylation is 1. The molecule has 0 saturated heterocycles. The predicted octanol–water partition coefficient (Wildman–Crippen LogP) is 4.46. The van der Waals surface area contributed by atoms with Gasteiger partial charge in [0.05, 0.1) is 5.60 Å². The summed E-state index contributed by atoms with van der Waals surface area (Å²) in [4.78, 5) is 0. The van der Waals surface area contributed by atoms with Crippen LogP contribution in [0.25, 0.3) is 0 Å². The Hall–Kier alpha value is -0.130. The molecule has 0 aliphatic rings. The van der Waals surface area contributed by atoms with Gasteiger partial charge in [-0.05, 0) is 73.9 Å². The highest BCUT2D eigenvalue weighted by atomic mass is 127. The third kappa shape index (κ3) is 5.04. The second-order valence-electron chi connectivity index (χ2n) is 5.59. The molecule has 0 aliphatic carbocycles. The van der Waals surface area contributed by atoms with E-state index in [0.29, 0.717) is 6.04 Å². The highest BCUT2D eigenvalue weighted by molar-refractivity contribution is 14.1. The molecule has 1 aromatic rings. The van der Waals surface area contributed by atoms with Gasteiger partial charge in [-0.1, -0.05) is 25.1 Å². The molecule has 2 nitrogen and oxygen atoms in total. The van der Waals surface area contributed by atoms with E-state index in [1.165, 1.54) is 14.7 Å². The maximum absolute atomic E-state index is 5.53. The lowest BCUT2D eigenvalue weighted by molar-refractivity contribution is 0.0117. The largest absolute Gasteiger partial charge is 0.379 e. The van der Waals surface area contributed by atoms with E-state index in [1.54, 1.807) is 7.11 Å². The van der Waals surface area contributed by atoms with E-state index in [2.05, 4.69) is 73.8 Å². The second-order valence-corrected chi connectivity index (χ2v) is 6.67. The van der Waals surface area contributed by atoms with Crippen LogP contribution in [0.3, 0.4) is 0 Å². The Balaban J connectivity index is 2.85. The molecule has 0 bridgehead atoms. The quantitative estimate of drug-likeness (QED) is 0.711. The van der Waals surface area contributed by atoms with Gasteiger partial charge < -0.3 is 10.1 Å². The summed E-state index contributed by atoms with van der Waals surface area (Å²) in [5.74, 6) is 0. The number of hydrogen-bond donors (Lipinski definition) is 1. The maximum atomic E-state index is 5.53. The van der Waals surface area contributed by atoms with Crippen molar-refractivity contribution in [2.45, 2.75) is 52.2 Å². The van der Waals surface area contributed by atoms with Crippen molar-refractivity contribution in [2.24, 2.45) is 0 Å². The van der Waals surface area contributed by atoms with E-state index in [0.717, 1.165) is 19.4 Å². The second kappa shape index (κ2) is 7.60. The molecule has 1 rings (SSSR count). The molecule has 0 radical (unpaired) electrons. The van der Waals surface area contributed by atoms with Gasteiger partial charge >= 0.3 is 0 Å². The molecule has 0 heterocycles. The van der Waals surface area contributed by atoms with E-state index in [-0.39, 0.29) is 5.60 Å². The molecule has 0 fully saturated rings. The Bertz CT molecular complexity index is 404. The van der Waals surface area contributed by atoms with Gasteiger partial charge in [-0.15, -0.1) is 0 Å². The zero-order valence-electron chi connectivity index (χ0n) is 12.7. The Morgan fingerprint density at radius 2 is 2.05 bits per heavy atom. The first-order valence-corrected chi connectivity index (χ1v) is 8.02. The van der Waals surface area contributed by atoms with E-state index < -0.39 is 0 Å². The number of benzene rings is 1. The molecule has 19 heavy (non-hydrogen) atoms. The van der Waals surface area contributed by atoms with Gasteiger partial charge in [0, 0.05) is 16.7 Å². The van der Waals surface area contributed by atoms with Crippen LogP contribution in [0, 0.1) is 10.5 Å². The van der Waals surface area contributed by atoms with Crippen molar-refractivity contribution >= 4 is 22.6 Å². The van der Waals surface area contributed by atoms with Crippen molar-refractivity contribution in [1.29, 1.82) is 0 Å². The Morgan fingerprint density at radius 1 is 1.37 bits per heavy atom. The monoisotopic (exact) mass is 375 g/mol. The van der Waals surface area contributed by atoms with Crippen LogP contribution in [0.4, 0.5) is 0 Å². The molecule has 108 valence electrons. The Morgan fingerprint density at radius 3 is 2.63 bits per heavy atom. The summed E-state index contributed by atoms with van der Waals surface area (Å²) in [6, 6.07) is 6.97. The fourth-order valence-corrected chi connectivity index (χ4v) is 2.88. The zero-order chi connectivity index (χ0) is 14.5. The van der Waals surface area contributed by atoms with Crippen molar-refractivity contribution in [3.05, 3.63) is 32.9 Å². The van der Waals surface area contributed by atoms with Gasteiger partial charge in [-0.2, -0.15) is 0 Å². The molecule has 1 N–H and O–H groups in total. The predicted molar refractivity (Wildman–Crippen MR) is 90.6 cm³/mol. The van der Waals surface area contributed by atoms with Crippen LogP contribution in [-0.2, 0) is 4.74 Å². The first-order valence-electron chi connectivity index (χ1n) is 6.95. The van der Waals surface area contributed by atoms with Crippen LogP contribution in [0.1, 0.15) is 50.8 Å². The Labute approximate surface area is 131 Å². The summed E-state index contributed by atoms with van der Waals surface area (Å²) in [6.07, 6.45) is 2.14. The summed E-state index contributed by atoms with van der Waals surface area (Å²) in [7, 11) is 1.79. The van der Waals surface area contributed by atoms with Crippen molar-refractivity contribution in [2.75, 3.05) is 13.7 Å². The van der Waals surface area contributed by atoms with Gasteiger partial charge in [0.2, 0.25) is 0 Å². The lowest BCUT2D eigenvalue weighted by Gasteiger charge is -2.27. The fraction of sp³-hybridized carbons (Fsp3) is 0.625. The summed E-state index contributed by atoms with van der Waals surface area (Å²) in [5, 5.41) is 3.60. The molecule has 1 aromatic carbocycles. The zero-order valence-corrected chi connectivity index (χ0v) is 14.9. The first-order chi connectivity index (χ1) is 8.91. The van der Waals surface area contributed by atoms with Crippen LogP contribution < -0.4 is 5.32 Å². The number of hydrogen-bond acceptors (Lipinski definition) is 2. The van der Waals surface area contributed by atoms with Crippen molar-refractivity contribution in [3.8, 4) is 0 Å². The molecular weight excluding hydrogens is 349 g/mol. The lowest BCUT2D eigenvalue weighted by Crippen LogP contribution is -2.27. The summed E-state index contributed by atoms with van der Waals surface area (Å²) in [6.45, 7) is 9.63. The van der Waals surface area contributed by atoms with Crippen molar-refractivity contribution in [3.63, 3.8) is 0 Å². The van der Waals surface area contributed by atoms with Gasteiger partial charge in [0.25, 0.3) is 0 Å². The average molecular weight is 375 g/mol. The molecule has 1 unspecified atom stereocenters. The highest BCUT2D eigenvalue weighted by Crippen LogP contribution is 2.28. The highest BCUT2D eigenvalue weighted by Gasteiger charge is 2.21. The van der Waals surface area contributed by atoms with E-state index in [4.69, 9.17) is 4.74 Å². The lowest BCUT2D eigenvalue weighted by atomic mass is 9.94. The molecule has 0 saturated carbocycles. The summed E-state index contributed by atoms with van der Waals surface area (Å²) >= 11 is 2.46. The van der Waals surface area contributed by atoms with Crippen LogP contribution in [0.2, 0.25) is 0 Å². The number of halogens is 1. The molecule has 3 heteroatoms. The van der Waals surface area contributed by atoms with Gasteiger partial charge in [0.1, 0.15) is 0 Å². The molecule has 0 aromatic heterocycles. The van der Waals surface area contributed by atoms with Gasteiger partial charge in [-0.3, -0.25) is 0 Å². The number of ether oxygens (including phenoxy) is 1. The normalized spacial score (nSPS) is 13.6. The molecule has 0 aliphatic heterocycles. The summed E-state index contributed by atoms with van der Waals surface area (Å²) < 4.78 is 6.90. The minimum atomic E-state index is -0.0526. The minimum absolute atomic E-state index is 0.0526. The smallest absolute Gasteiger partial charge is 0.0623 e. The molecule has 0 amide bonds. The average Bonchev–Trinajstić information content (AvgIpc) is 2.38. The Kier molecular flexibility index (Phi) is 6.77. The number of nitrogens with one attached hydrogen (secondary N) is 1. The standard InChI is InChI=1S/C16H26INO/c1-6-18-14(10-11-16(3,4)19-5)13-9-7-8-12(2)15(13)17/h7-9,14,18H,6,10-11H2,1-5H3. The third-order valence-corrected chi connectivity index (χ3v) is 5.11. The van der Waals surface area contributed by atoms with Crippen LogP contribution in [-0.4, -0.2) is 19.3 Å². The topological polar surface area (TPSA) is 21.3 Å². The molecule has 1 atom stereocenters. The number of rotatable bonds is 7. The third-order valence-electron chi connectivity index (χ3n) is 3.64. The van der Waals surface area contributed by atoms with Crippen LogP contribution in [0.15, 0.2) is 18.2 Å². The van der Waals surface area contributed by atoms with E-state index in [9.17, 15) is 0 Å². The maximum Gasteiger partial charge on any atom is 0.0623 e. The number of methoxy groups -OCH3 is 1. The first kappa shape index (κ1) is 16.9. The van der Waals surface area contributed by atoms with Crippen molar-refractivity contribution in [1.82, 2.24) is 5.32 Å².